The lowest BCUT2D eigenvalue weighted by atomic mass is 10.3. The molecule has 0 aromatic carbocycles. The number of nitrogens with zero attached hydrogens (tertiary/aromatic N) is 2. The van der Waals surface area contributed by atoms with Gasteiger partial charge in [-0.25, -0.2) is 9.97 Å². The van der Waals surface area contributed by atoms with Crippen molar-refractivity contribution in [3.63, 3.8) is 0 Å². The van der Waals surface area contributed by atoms with Gasteiger partial charge in [0, 0.05) is 30.5 Å². The summed E-state index contributed by atoms with van der Waals surface area (Å²) in [5.41, 5.74) is 0. The molecule has 0 aliphatic heterocycles. The molecule has 0 amide bonds. The smallest absolute Gasteiger partial charge is 0.133 e. The maximum Gasteiger partial charge on any atom is 0.133 e. The van der Waals surface area contributed by atoms with E-state index in [9.17, 15) is 0 Å². The van der Waals surface area contributed by atoms with Crippen LogP contribution in [0.5, 0.6) is 0 Å². The molecule has 21 heavy (non-hydrogen) atoms. The highest BCUT2D eigenvalue weighted by atomic mass is 35.5. The molecule has 0 saturated carbocycles. The second-order valence-corrected chi connectivity index (χ2v) is 6.52. The molecule has 0 fully saturated rings. The zero-order valence-corrected chi connectivity index (χ0v) is 14.0. The van der Waals surface area contributed by atoms with E-state index in [4.69, 9.17) is 11.6 Å². The van der Waals surface area contributed by atoms with Crippen LogP contribution in [0.15, 0.2) is 18.2 Å². The van der Waals surface area contributed by atoms with Gasteiger partial charge in [-0.2, -0.15) is 0 Å². The van der Waals surface area contributed by atoms with Crippen molar-refractivity contribution in [2.75, 3.05) is 23.7 Å². The van der Waals surface area contributed by atoms with Crippen LogP contribution in [0.1, 0.15) is 31.0 Å². The lowest BCUT2D eigenvalue weighted by Gasteiger charge is -2.10. The minimum absolute atomic E-state index is 0.838. The van der Waals surface area contributed by atoms with Crippen LogP contribution in [0.3, 0.4) is 0 Å². The van der Waals surface area contributed by atoms with Crippen LogP contribution in [0, 0.1) is 0 Å². The van der Waals surface area contributed by atoms with Gasteiger partial charge in [-0.15, -0.1) is 11.3 Å². The molecule has 0 atom stereocenters. The van der Waals surface area contributed by atoms with E-state index >= 15 is 0 Å². The van der Waals surface area contributed by atoms with Crippen molar-refractivity contribution in [1.29, 1.82) is 0 Å². The molecule has 0 aliphatic rings. The molecule has 0 spiro atoms. The predicted octanol–water partition coefficient (Wildman–Crippen LogP) is 4.23. The summed E-state index contributed by atoms with van der Waals surface area (Å²) in [6, 6.07) is 5.97. The quantitative estimate of drug-likeness (QED) is 0.763. The third-order valence-electron chi connectivity index (χ3n) is 2.91. The number of aryl methyl sites for hydroxylation is 1. The molecular formula is C15H21ClN4S. The first-order valence-electron chi connectivity index (χ1n) is 7.31. The summed E-state index contributed by atoms with van der Waals surface area (Å²) in [6.07, 6.45) is 2.89. The molecule has 0 unspecified atom stereocenters. The van der Waals surface area contributed by atoms with Crippen molar-refractivity contribution in [3.8, 4) is 0 Å². The van der Waals surface area contributed by atoms with E-state index < -0.39 is 0 Å². The third kappa shape index (κ3) is 5.17. The lowest BCUT2D eigenvalue weighted by Crippen LogP contribution is -2.10. The van der Waals surface area contributed by atoms with Crippen molar-refractivity contribution in [2.24, 2.45) is 0 Å². The maximum atomic E-state index is 5.94. The zero-order chi connectivity index (χ0) is 15.1. The number of nitrogens with one attached hydrogen (secondary N) is 2. The number of rotatable bonds is 8. The predicted molar refractivity (Wildman–Crippen MR) is 91.7 cm³/mol. The number of thiophene rings is 1. The van der Waals surface area contributed by atoms with Crippen LogP contribution in [0.4, 0.5) is 11.6 Å². The SMILES string of the molecule is CCCc1nc(NCC)cc(NCCc2ccc(Cl)s2)n1. The molecule has 2 aromatic rings. The molecule has 0 bridgehead atoms. The molecule has 6 heteroatoms. The first-order chi connectivity index (χ1) is 10.2. The molecule has 0 saturated heterocycles. The standard InChI is InChI=1S/C15H21ClN4S/c1-3-5-13-19-14(17-4-2)10-15(20-13)18-9-8-11-6-7-12(16)21-11/h6-7,10H,3-5,8-9H2,1-2H3,(H2,17,18,19,20). The Hall–Kier alpha value is -1.33. The number of aromatic nitrogens is 2. The Kier molecular flexibility index (Phi) is 6.26. The van der Waals surface area contributed by atoms with Gasteiger partial charge in [-0.3, -0.25) is 0 Å². The van der Waals surface area contributed by atoms with Crippen LogP contribution in [-0.2, 0) is 12.8 Å². The fourth-order valence-corrected chi connectivity index (χ4v) is 3.08. The lowest BCUT2D eigenvalue weighted by molar-refractivity contribution is 0.833. The highest BCUT2D eigenvalue weighted by molar-refractivity contribution is 7.16. The van der Waals surface area contributed by atoms with Crippen LogP contribution in [0.25, 0.3) is 0 Å². The van der Waals surface area contributed by atoms with E-state index in [0.717, 1.165) is 54.1 Å². The number of anilines is 2. The Morgan fingerprint density at radius 3 is 2.48 bits per heavy atom. The minimum atomic E-state index is 0.838. The van der Waals surface area contributed by atoms with E-state index in [1.54, 1.807) is 11.3 Å². The van der Waals surface area contributed by atoms with Crippen molar-refractivity contribution >= 4 is 34.6 Å². The van der Waals surface area contributed by atoms with Gasteiger partial charge < -0.3 is 10.6 Å². The van der Waals surface area contributed by atoms with Crippen LogP contribution in [0.2, 0.25) is 4.34 Å². The van der Waals surface area contributed by atoms with Gasteiger partial charge in [0.05, 0.1) is 4.34 Å². The van der Waals surface area contributed by atoms with Gasteiger partial charge in [0.25, 0.3) is 0 Å². The van der Waals surface area contributed by atoms with Gasteiger partial charge in [0.15, 0.2) is 0 Å². The number of halogens is 1. The zero-order valence-electron chi connectivity index (χ0n) is 12.4. The van der Waals surface area contributed by atoms with Crippen LogP contribution in [-0.4, -0.2) is 23.1 Å². The molecule has 4 nitrogen and oxygen atoms in total. The summed E-state index contributed by atoms with van der Waals surface area (Å²) < 4.78 is 0.840. The average molecular weight is 325 g/mol. The van der Waals surface area contributed by atoms with Gasteiger partial charge in [0.1, 0.15) is 17.5 Å². The molecule has 2 rings (SSSR count). The Morgan fingerprint density at radius 1 is 1.10 bits per heavy atom. The highest BCUT2D eigenvalue weighted by Gasteiger charge is 2.04. The summed E-state index contributed by atoms with van der Waals surface area (Å²) in [7, 11) is 0. The maximum absolute atomic E-state index is 5.94. The second-order valence-electron chi connectivity index (χ2n) is 4.72. The third-order valence-corrected chi connectivity index (χ3v) is 4.20. The fraction of sp³-hybridized carbons (Fsp3) is 0.467. The summed E-state index contributed by atoms with van der Waals surface area (Å²) in [4.78, 5) is 10.3. The molecule has 2 N–H and O–H groups in total. The number of hydrogen-bond acceptors (Lipinski definition) is 5. The summed E-state index contributed by atoms with van der Waals surface area (Å²) >= 11 is 7.56. The molecule has 0 aliphatic carbocycles. The first kappa shape index (κ1) is 16.0. The monoisotopic (exact) mass is 324 g/mol. The van der Waals surface area contributed by atoms with Crippen molar-refractivity contribution < 1.29 is 0 Å². The number of hydrogen-bond donors (Lipinski definition) is 2. The minimum Gasteiger partial charge on any atom is -0.370 e. The van der Waals surface area contributed by atoms with Gasteiger partial charge >= 0.3 is 0 Å². The van der Waals surface area contributed by atoms with Crippen molar-refractivity contribution in [1.82, 2.24) is 9.97 Å². The van der Waals surface area contributed by atoms with Gasteiger partial charge in [-0.1, -0.05) is 18.5 Å². The summed E-state index contributed by atoms with van der Waals surface area (Å²) in [5.74, 6) is 2.65. The summed E-state index contributed by atoms with van der Waals surface area (Å²) in [6.45, 7) is 5.90. The molecule has 2 heterocycles. The molecular weight excluding hydrogens is 304 g/mol. The van der Waals surface area contributed by atoms with E-state index in [1.807, 2.05) is 12.1 Å². The van der Waals surface area contributed by atoms with Crippen molar-refractivity contribution in [3.05, 3.63) is 33.2 Å². The highest BCUT2D eigenvalue weighted by Crippen LogP contribution is 2.21. The fourth-order valence-electron chi connectivity index (χ4n) is 1.99. The van der Waals surface area contributed by atoms with E-state index in [1.165, 1.54) is 4.88 Å². The average Bonchev–Trinajstić information content (AvgIpc) is 2.85. The second kappa shape index (κ2) is 8.20. The molecule has 2 aromatic heterocycles. The Labute approximate surface area is 135 Å². The molecule has 114 valence electrons. The van der Waals surface area contributed by atoms with Gasteiger partial charge in [0.2, 0.25) is 0 Å². The Balaban J connectivity index is 1.97. The van der Waals surface area contributed by atoms with Gasteiger partial charge in [-0.05, 0) is 31.9 Å². The topological polar surface area (TPSA) is 49.8 Å². The Bertz CT molecular complexity index is 546. The van der Waals surface area contributed by atoms with E-state index in [2.05, 4.69) is 40.5 Å². The molecule has 0 radical (unpaired) electrons. The van der Waals surface area contributed by atoms with Crippen molar-refractivity contribution in [2.45, 2.75) is 33.1 Å². The van der Waals surface area contributed by atoms with E-state index in [0.29, 0.717) is 0 Å². The Morgan fingerprint density at radius 2 is 1.86 bits per heavy atom. The summed E-state index contributed by atoms with van der Waals surface area (Å²) in [5, 5.41) is 6.62. The van der Waals surface area contributed by atoms with Crippen LogP contribution < -0.4 is 10.6 Å². The van der Waals surface area contributed by atoms with Crippen LogP contribution >= 0.6 is 22.9 Å². The first-order valence-corrected chi connectivity index (χ1v) is 8.50. The largest absolute Gasteiger partial charge is 0.370 e. The normalized spacial score (nSPS) is 10.6. The van der Waals surface area contributed by atoms with E-state index in [-0.39, 0.29) is 0 Å².